The SMILES string of the molecule is CN=C(NCc1ccc(O)c(F)c1)NC(C)c1ccc(Cl)c(Cl)c1.I. The highest BCUT2D eigenvalue weighted by molar-refractivity contribution is 14.0. The lowest BCUT2D eigenvalue weighted by molar-refractivity contribution is 0.431. The van der Waals surface area contributed by atoms with Gasteiger partial charge < -0.3 is 15.7 Å². The molecule has 1 unspecified atom stereocenters. The second-order valence-corrected chi connectivity index (χ2v) is 6.07. The Morgan fingerprint density at radius 1 is 1.20 bits per heavy atom. The average Bonchev–Trinajstić information content (AvgIpc) is 2.56. The predicted octanol–water partition coefficient (Wildman–Crippen LogP) is 4.88. The normalized spacial score (nSPS) is 12.3. The number of aliphatic imine (C=N–C) groups is 1. The number of benzene rings is 2. The minimum atomic E-state index is -0.651. The van der Waals surface area contributed by atoms with Gasteiger partial charge >= 0.3 is 0 Å². The van der Waals surface area contributed by atoms with E-state index in [4.69, 9.17) is 23.2 Å². The molecule has 0 fully saturated rings. The predicted molar refractivity (Wildman–Crippen MR) is 112 cm³/mol. The van der Waals surface area contributed by atoms with E-state index in [0.29, 0.717) is 28.1 Å². The van der Waals surface area contributed by atoms with E-state index in [1.54, 1.807) is 25.2 Å². The zero-order chi connectivity index (χ0) is 17.7. The van der Waals surface area contributed by atoms with Crippen molar-refractivity contribution in [1.82, 2.24) is 10.6 Å². The van der Waals surface area contributed by atoms with Gasteiger partial charge in [-0.15, -0.1) is 24.0 Å². The molecular weight excluding hydrogens is 479 g/mol. The van der Waals surface area contributed by atoms with Crippen molar-refractivity contribution >= 4 is 53.1 Å². The summed E-state index contributed by atoms with van der Waals surface area (Å²) in [7, 11) is 1.65. The fourth-order valence-electron chi connectivity index (χ4n) is 2.11. The molecular formula is C17H19Cl2FIN3O. The topological polar surface area (TPSA) is 56.7 Å². The van der Waals surface area contributed by atoms with Crippen molar-refractivity contribution in [2.75, 3.05) is 7.05 Å². The highest BCUT2D eigenvalue weighted by Gasteiger charge is 2.10. The third-order valence-electron chi connectivity index (χ3n) is 3.49. The summed E-state index contributed by atoms with van der Waals surface area (Å²) in [5, 5.41) is 16.5. The summed E-state index contributed by atoms with van der Waals surface area (Å²) in [5.74, 6) is -0.460. The summed E-state index contributed by atoms with van der Waals surface area (Å²) in [6.07, 6.45) is 0. The number of hydrogen-bond donors (Lipinski definition) is 3. The molecule has 0 spiro atoms. The summed E-state index contributed by atoms with van der Waals surface area (Å²) in [6, 6.07) is 9.60. The summed E-state index contributed by atoms with van der Waals surface area (Å²) < 4.78 is 13.3. The third-order valence-corrected chi connectivity index (χ3v) is 4.23. The maximum Gasteiger partial charge on any atom is 0.191 e. The molecule has 2 rings (SSSR count). The van der Waals surface area contributed by atoms with Crippen LogP contribution in [0.1, 0.15) is 24.1 Å². The molecule has 0 heterocycles. The number of nitrogens with one attached hydrogen (secondary N) is 2. The van der Waals surface area contributed by atoms with Crippen LogP contribution in [0, 0.1) is 5.82 Å². The van der Waals surface area contributed by atoms with Gasteiger partial charge in [0.05, 0.1) is 16.1 Å². The van der Waals surface area contributed by atoms with E-state index in [9.17, 15) is 9.50 Å². The van der Waals surface area contributed by atoms with E-state index in [-0.39, 0.29) is 35.8 Å². The number of rotatable bonds is 4. The van der Waals surface area contributed by atoms with Crippen LogP contribution in [-0.2, 0) is 6.54 Å². The van der Waals surface area contributed by atoms with E-state index in [1.807, 2.05) is 13.0 Å². The van der Waals surface area contributed by atoms with Crippen LogP contribution in [0.4, 0.5) is 4.39 Å². The Balaban J connectivity index is 0.00000312. The van der Waals surface area contributed by atoms with Gasteiger partial charge in [0.1, 0.15) is 0 Å². The van der Waals surface area contributed by atoms with E-state index in [1.165, 1.54) is 12.1 Å². The number of phenols is 1. The lowest BCUT2D eigenvalue weighted by Gasteiger charge is -2.19. The van der Waals surface area contributed by atoms with Crippen LogP contribution in [0.5, 0.6) is 5.75 Å². The molecule has 1 atom stereocenters. The Morgan fingerprint density at radius 3 is 2.52 bits per heavy atom. The minimum absolute atomic E-state index is 0. The van der Waals surface area contributed by atoms with Crippen LogP contribution in [0.15, 0.2) is 41.4 Å². The molecule has 8 heteroatoms. The zero-order valence-corrected chi connectivity index (χ0v) is 17.5. The first kappa shape index (κ1) is 21.8. The number of hydrogen-bond acceptors (Lipinski definition) is 2. The molecule has 0 aliphatic rings. The van der Waals surface area contributed by atoms with Gasteiger partial charge in [-0.2, -0.15) is 0 Å². The van der Waals surface area contributed by atoms with Crippen molar-refractivity contribution in [2.24, 2.45) is 4.99 Å². The molecule has 0 saturated carbocycles. The zero-order valence-electron chi connectivity index (χ0n) is 13.7. The molecule has 0 aliphatic heterocycles. The lowest BCUT2D eigenvalue weighted by atomic mass is 10.1. The van der Waals surface area contributed by atoms with Crippen molar-refractivity contribution in [3.8, 4) is 5.75 Å². The minimum Gasteiger partial charge on any atom is -0.505 e. The number of guanidine groups is 1. The van der Waals surface area contributed by atoms with E-state index >= 15 is 0 Å². The quantitative estimate of drug-likeness (QED) is 0.320. The van der Waals surface area contributed by atoms with Crippen molar-refractivity contribution in [3.63, 3.8) is 0 Å². The van der Waals surface area contributed by atoms with Crippen LogP contribution in [0.25, 0.3) is 0 Å². The maximum atomic E-state index is 13.3. The van der Waals surface area contributed by atoms with Crippen molar-refractivity contribution in [3.05, 3.63) is 63.4 Å². The second-order valence-electron chi connectivity index (χ2n) is 5.25. The molecule has 0 amide bonds. The Bertz CT molecular complexity index is 759. The molecule has 3 N–H and O–H groups in total. The highest BCUT2D eigenvalue weighted by atomic mass is 127. The van der Waals surface area contributed by atoms with Gasteiger partial charge in [-0.05, 0) is 42.3 Å². The van der Waals surface area contributed by atoms with Crippen molar-refractivity contribution in [1.29, 1.82) is 0 Å². The van der Waals surface area contributed by atoms with E-state index < -0.39 is 5.82 Å². The first-order valence-electron chi connectivity index (χ1n) is 7.30. The van der Waals surface area contributed by atoms with Crippen LogP contribution in [0.3, 0.4) is 0 Å². The fraction of sp³-hybridized carbons (Fsp3) is 0.235. The summed E-state index contributed by atoms with van der Waals surface area (Å²) in [4.78, 5) is 4.14. The Hall–Kier alpha value is -1.25. The largest absolute Gasteiger partial charge is 0.505 e. The van der Waals surface area contributed by atoms with E-state index in [2.05, 4.69) is 15.6 Å². The van der Waals surface area contributed by atoms with Crippen LogP contribution in [-0.4, -0.2) is 18.1 Å². The van der Waals surface area contributed by atoms with Gasteiger partial charge in [-0.3, -0.25) is 4.99 Å². The molecule has 25 heavy (non-hydrogen) atoms. The fourth-order valence-corrected chi connectivity index (χ4v) is 2.42. The highest BCUT2D eigenvalue weighted by Crippen LogP contribution is 2.25. The van der Waals surface area contributed by atoms with Gasteiger partial charge in [0.25, 0.3) is 0 Å². The van der Waals surface area contributed by atoms with Crippen molar-refractivity contribution < 1.29 is 9.50 Å². The lowest BCUT2D eigenvalue weighted by Crippen LogP contribution is -2.38. The number of halogens is 4. The molecule has 0 radical (unpaired) electrons. The number of nitrogens with zero attached hydrogens (tertiary/aromatic N) is 1. The Morgan fingerprint density at radius 2 is 1.92 bits per heavy atom. The molecule has 0 saturated heterocycles. The number of aromatic hydroxyl groups is 1. The molecule has 0 bridgehead atoms. The molecule has 2 aromatic rings. The van der Waals surface area contributed by atoms with Gasteiger partial charge in [0, 0.05) is 13.6 Å². The second kappa shape index (κ2) is 10.0. The smallest absolute Gasteiger partial charge is 0.191 e. The van der Waals surface area contributed by atoms with Gasteiger partial charge in [0.2, 0.25) is 0 Å². The third kappa shape index (κ3) is 6.20. The first-order chi connectivity index (χ1) is 11.4. The van der Waals surface area contributed by atoms with Gasteiger partial charge in [-0.1, -0.05) is 35.3 Å². The van der Waals surface area contributed by atoms with Crippen LogP contribution < -0.4 is 10.6 Å². The average molecular weight is 498 g/mol. The maximum absolute atomic E-state index is 13.3. The van der Waals surface area contributed by atoms with Gasteiger partial charge in [0.15, 0.2) is 17.5 Å². The van der Waals surface area contributed by atoms with Crippen LogP contribution in [0.2, 0.25) is 10.0 Å². The molecule has 0 aromatic heterocycles. The molecule has 136 valence electrons. The Labute approximate surface area is 173 Å². The monoisotopic (exact) mass is 497 g/mol. The molecule has 0 aliphatic carbocycles. The standard InChI is InChI=1S/C17H18Cl2FN3O.HI/c1-10(12-4-5-13(18)14(19)8-12)23-17(21-2)22-9-11-3-6-16(24)15(20)7-11;/h3-8,10,24H,9H2,1-2H3,(H2,21,22,23);1H. The summed E-state index contributed by atoms with van der Waals surface area (Å²) in [5.41, 5.74) is 1.65. The first-order valence-corrected chi connectivity index (χ1v) is 8.06. The number of phenolic OH excluding ortho intramolecular Hbond substituents is 1. The summed E-state index contributed by atoms with van der Waals surface area (Å²) in [6.45, 7) is 2.33. The molecule has 2 aromatic carbocycles. The van der Waals surface area contributed by atoms with Crippen molar-refractivity contribution in [2.45, 2.75) is 19.5 Å². The Kier molecular flexibility index (Phi) is 8.75. The van der Waals surface area contributed by atoms with Crippen LogP contribution >= 0.6 is 47.2 Å². The van der Waals surface area contributed by atoms with Gasteiger partial charge in [-0.25, -0.2) is 4.39 Å². The molecule has 4 nitrogen and oxygen atoms in total. The summed E-state index contributed by atoms with van der Waals surface area (Å²) >= 11 is 12.0. The van der Waals surface area contributed by atoms with E-state index in [0.717, 1.165) is 5.56 Å².